The summed E-state index contributed by atoms with van der Waals surface area (Å²) in [5.41, 5.74) is 8.09. The zero-order valence-electron chi connectivity index (χ0n) is 29.2. The summed E-state index contributed by atoms with van der Waals surface area (Å²) >= 11 is 0. The van der Waals surface area contributed by atoms with Gasteiger partial charge >= 0.3 is 17.9 Å². The summed E-state index contributed by atoms with van der Waals surface area (Å²) in [4.78, 5) is 35.9. The number of fused-ring (bicyclic) bond motifs is 3. The van der Waals surface area contributed by atoms with Crippen LogP contribution >= 0.6 is 0 Å². The van der Waals surface area contributed by atoms with E-state index in [2.05, 4.69) is 27.0 Å². The average Bonchev–Trinajstić information content (AvgIpc) is 3.34. The molecule has 0 saturated heterocycles. The van der Waals surface area contributed by atoms with Gasteiger partial charge in [0.25, 0.3) is 0 Å². The lowest BCUT2D eigenvalue weighted by molar-refractivity contribution is -0.141. The molecule has 0 aliphatic heterocycles. The van der Waals surface area contributed by atoms with E-state index in [9.17, 15) is 14.4 Å². The molecule has 0 fully saturated rings. The minimum atomic E-state index is -0.494. The maximum Gasteiger partial charge on any atom is 0.336 e. The van der Waals surface area contributed by atoms with E-state index in [4.69, 9.17) is 23.7 Å². The van der Waals surface area contributed by atoms with Crippen molar-refractivity contribution < 1.29 is 38.1 Å². The van der Waals surface area contributed by atoms with E-state index < -0.39 is 17.9 Å². The van der Waals surface area contributed by atoms with Crippen LogP contribution < -0.4 is 9.47 Å². The molecule has 8 nitrogen and oxygen atoms in total. The second kappa shape index (κ2) is 16.0. The molecule has 0 aromatic heterocycles. The number of carbonyl (C=O) groups excluding carboxylic acids is 3. The monoisotopic (exact) mass is 684 g/mol. The van der Waals surface area contributed by atoms with Gasteiger partial charge in [0.05, 0.1) is 6.26 Å². The molecule has 51 heavy (non-hydrogen) atoms. The maximum absolute atomic E-state index is 12.7. The van der Waals surface area contributed by atoms with Crippen molar-refractivity contribution in [2.24, 2.45) is 0 Å². The molecule has 5 rings (SSSR count). The summed E-state index contributed by atoms with van der Waals surface area (Å²) in [5, 5.41) is 0. The molecule has 260 valence electrons. The average molecular weight is 685 g/mol. The third kappa shape index (κ3) is 9.30. The Bertz CT molecular complexity index is 2010. The molecule has 1 aliphatic rings. The van der Waals surface area contributed by atoms with Gasteiger partial charge in [-0.3, -0.25) is 0 Å². The highest BCUT2D eigenvalue weighted by atomic mass is 16.7. The topological polar surface area (TPSA) is 97.4 Å². The number of benzene rings is 4. The molecule has 0 bridgehead atoms. The number of rotatable bonds is 14. The van der Waals surface area contributed by atoms with Crippen molar-refractivity contribution in [1.82, 2.24) is 0 Å². The quantitative estimate of drug-likeness (QED) is 0.0325. The molecule has 0 unspecified atom stereocenters. The predicted molar refractivity (Wildman–Crippen MR) is 196 cm³/mol. The van der Waals surface area contributed by atoms with Gasteiger partial charge in [0.15, 0.2) is 0 Å². The molecule has 8 heteroatoms. The Hall–Kier alpha value is -6.15. The van der Waals surface area contributed by atoms with Crippen molar-refractivity contribution in [3.8, 4) is 22.6 Å². The first-order valence-electron chi connectivity index (χ1n) is 16.3. The summed E-state index contributed by atoms with van der Waals surface area (Å²) in [6.45, 7) is 15.0. The lowest BCUT2D eigenvalue weighted by Gasteiger charge is -2.22. The van der Waals surface area contributed by atoms with Gasteiger partial charge in [-0.25, -0.2) is 14.4 Å². The van der Waals surface area contributed by atoms with Crippen molar-refractivity contribution >= 4 is 30.1 Å². The molecular weight excluding hydrogens is 644 g/mol. The lowest BCUT2D eigenvalue weighted by Crippen LogP contribution is -2.15. The van der Waals surface area contributed by atoms with Crippen LogP contribution in [0.5, 0.6) is 11.5 Å². The fraction of sp³-hybridized carbons (Fsp3) is 0.186. The van der Waals surface area contributed by atoms with Crippen molar-refractivity contribution in [1.29, 1.82) is 0 Å². The van der Waals surface area contributed by atoms with E-state index in [1.807, 2.05) is 84.9 Å². The Morgan fingerprint density at radius 2 is 1.16 bits per heavy atom. The van der Waals surface area contributed by atoms with Crippen LogP contribution in [0.3, 0.4) is 0 Å². The lowest BCUT2D eigenvalue weighted by atomic mass is 9.82. The van der Waals surface area contributed by atoms with Gasteiger partial charge < -0.3 is 23.7 Å². The van der Waals surface area contributed by atoms with Crippen LogP contribution in [0.4, 0.5) is 0 Å². The molecular formula is C43H40O8. The normalized spacial score (nSPS) is 12.5. The van der Waals surface area contributed by atoms with Crippen molar-refractivity contribution in [2.75, 3.05) is 6.79 Å². The molecule has 0 heterocycles. The zero-order valence-corrected chi connectivity index (χ0v) is 29.2. The van der Waals surface area contributed by atoms with Gasteiger partial charge in [0.2, 0.25) is 6.79 Å². The minimum absolute atomic E-state index is 0.0280. The molecule has 0 amide bonds. The molecule has 0 saturated carbocycles. The number of hydrogen-bond acceptors (Lipinski definition) is 8. The van der Waals surface area contributed by atoms with E-state index in [-0.39, 0.29) is 25.4 Å². The first-order chi connectivity index (χ1) is 24.4. The first kappa shape index (κ1) is 36.1. The zero-order chi connectivity index (χ0) is 36.5. The Morgan fingerprint density at radius 3 is 1.69 bits per heavy atom. The molecule has 1 aliphatic carbocycles. The first-order valence-corrected chi connectivity index (χ1v) is 16.3. The van der Waals surface area contributed by atoms with Gasteiger partial charge in [0.1, 0.15) is 24.7 Å². The predicted octanol–water partition coefficient (Wildman–Crippen LogP) is 8.87. The van der Waals surface area contributed by atoms with E-state index in [1.165, 1.54) is 6.08 Å². The summed E-state index contributed by atoms with van der Waals surface area (Å²) in [6, 6.07) is 26.6. The molecule has 0 atom stereocenters. The van der Waals surface area contributed by atoms with Crippen molar-refractivity contribution in [2.45, 2.75) is 46.3 Å². The summed E-state index contributed by atoms with van der Waals surface area (Å²) < 4.78 is 27.5. The van der Waals surface area contributed by atoms with Crippen LogP contribution in [0.2, 0.25) is 0 Å². The third-order valence-electron chi connectivity index (χ3n) is 8.30. The fourth-order valence-corrected chi connectivity index (χ4v) is 5.43. The third-order valence-corrected chi connectivity index (χ3v) is 8.30. The van der Waals surface area contributed by atoms with Crippen LogP contribution in [-0.4, -0.2) is 24.7 Å². The van der Waals surface area contributed by atoms with Crippen molar-refractivity contribution in [3.05, 3.63) is 155 Å². The summed E-state index contributed by atoms with van der Waals surface area (Å²) in [6.07, 6.45) is 6.45. The molecule has 4 aromatic carbocycles. The van der Waals surface area contributed by atoms with Gasteiger partial charge in [-0.1, -0.05) is 87.7 Å². The highest BCUT2D eigenvalue weighted by Gasteiger charge is 2.36. The molecule has 0 N–H and O–H groups in total. The standard InChI is InChI=1S/C43H40O8/c1-28(2)41(45)48-25-32-11-7-30(8-12-32)15-20-40(44)51-35-17-19-37-36-18-16-34(23-38(36)43(5,6)39(37)24-35)50-27-47-22-21-31-9-13-33(14-10-31)26-49-42(46)29(3)4/h7-24H,1,3,25-27H2,2,4-6H3. The van der Waals surface area contributed by atoms with Crippen LogP contribution in [-0.2, 0) is 47.2 Å². The Kier molecular flexibility index (Phi) is 11.4. The highest BCUT2D eigenvalue weighted by molar-refractivity contribution is 5.89. The van der Waals surface area contributed by atoms with Crippen LogP contribution in [0.1, 0.15) is 61.1 Å². The van der Waals surface area contributed by atoms with Gasteiger partial charge in [-0.15, -0.1) is 0 Å². The van der Waals surface area contributed by atoms with Gasteiger partial charge in [-0.05, 0) is 94.8 Å². The van der Waals surface area contributed by atoms with Crippen LogP contribution in [0.15, 0.2) is 122 Å². The van der Waals surface area contributed by atoms with Gasteiger partial charge in [-0.2, -0.15) is 0 Å². The second-order valence-electron chi connectivity index (χ2n) is 12.7. The van der Waals surface area contributed by atoms with E-state index in [1.54, 1.807) is 32.3 Å². The number of hydrogen-bond donors (Lipinski definition) is 0. The Labute approximate surface area is 298 Å². The number of ether oxygens (including phenoxy) is 5. The largest absolute Gasteiger partial charge is 0.465 e. The number of carbonyl (C=O) groups is 3. The minimum Gasteiger partial charge on any atom is -0.465 e. The Balaban J connectivity index is 1.13. The van der Waals surface area contributed by atoms with E-state index in [0.717, 1.165) is 44.5 Å². The fourth-order valence-electron chi connectivity index (χ4n) is 5.43. The summed E-state index contributed by atoms with van der Waals surface area (Å²) in [7, 11) is 0. The van der Waals surface area contributed by atoms with E-state index >= 15 is 0 Å². The van der Waals surface area contributed by atoms with Crippen LogP contribution in [0, 0.1) is 0 Å². The second-order valence-corrected chi connectivity index (χ2v) is 12.7. The molecule has 4 aromatic rings. The molecule has 0 radical (unpaired) electrons. The number of esters is 3. The Morgan fingerprint density at radius 1 is 0.667 bits per heavy atom. The maximum atomic E-state index is 12.7. The van der Waals surface area contributed by atoms with Gasteiger partial charge in [0, 0.05) is 22.6 Å². The SMILES string of the molecule is C=C(C)C(=O)OCc1ccc(C=COCOc2ccc3c(c2)C(C)(C)c2cc(OC(=O)C=Cc4ccc(COC(=O)C(=C)C)cc4)ccc2-3)cc1. The van der Waals surface area contributed by atoms with Crippen LogP contribution in [0.25, 0.3) is 23.3 Å². The van der Waals surface area contributed by atoms with E-state index in [0.29, 0.717) is 22.6 Å². The van der Waals surface area contributed by atoms with Crippen molar-refractivity contribution in [3.63, 3.8) is 0 Å². The smallest absolute Gasteiger partial charge is 0.336 e. The summed E-state index contributed by atoms with van der Waals surface area (Å²) in [5.74, 6) is -0.213. The molecule has 0 spiro atoms. The highest BCUT2D eigenvalue weighted by Crippen LogP contribution is 2.50.